The Balaban J connectivity index is 1.78. The van der Waals surface area contributed by atoms with Gasteiger partial charge in [-0.05, 0) is 36.7 Å². The monoisotopic (exact) mass is 340 g/mol. The molecule has 0 heterocycles. The number of hydrogen-bond donors (Lipinski definition) is 2. The van der Waals surface area contributed by atoms with Crippen LogP contribution in [0.15, 0.2) is 42.5 Å². The predicted molar refractivity (Wildman–Crippen MR) is 88.1 cm³/mol. The molecule has 6 heteroatoms. The maximum atomic E-state index is 13.4. The van der Waals surface area contributed by atoms with Crippen LogP contribution in [0, 0.1) is 5.82 Å². The molecule has 2 rings (SSSR count). The number of para-hydroxylation sites is 1. The average Bonchev–Trinajstić information content (AvgIpc) is 2.49. The highest BCUT2D eigenvalue weighted by atomic mass is 35.5. The average molecular weight is 341 g/mol. The van der Waals surface area contributed by atoms with E-state index >= 15 is 0 Å². The van der Waals surface area contributed by atoms with Gasteiger partial charge in [-0.15, -0.1) is 0 Å². The molecule has 0 atom stereocenters. The second-order valence-corrected chi connectivity index (χ2v) is 5.48. The van der Waals surface area contributed by atoms with E-state index in [9.17, 15) is 9.18 Å². The van der Waals surface area contributed by atoms with Gasteiger partial charge in [-0.2, -0.15) is 0 Å². The lowest BCUT2D eigenvalue weighted by molar-refractivity contribution is -0.115. The van der Waals surface area contributed by atoms with Crippen LogP contribution in [0.25, 0.3) is 0 Å². The summed E-state index contributed by atoms with van der Waals surface area (Å²) in [5, 5.41) is 6.37. The summed E-state index contributed by atoms with van der Waals surface area (Å²) in [6.07, 6.45) is 0.507. The van der Waals surface area contributed by atoms with Gasteiger partial charge in [0.05, 0.1) is 22.3 Å². The first-order valence-electron chi connectivity index (χ1n) is 6.76. The van der Waals surface area contributed by atoms with Crippen LogP contribution in [0.3, 0.4) is 0 Å². The molecule has 3 nitrogen and oxygen atoms in total. The van der Waals surface area contributed by atoms with Crippen LogP contribution in [0.5, 0.6) is 0 Å². The molecule has 116 valence electrons. The van der Waals surface area contributed by atoms with E-state index in [4.69, 9.17) is 23.2 Å². The zero-order valence-corrected chi connectivity index (χ0v) is 13.2. The second kappa shape index (κ2) is 8.13. The summed E-state index contributed by atoms with van der Waals surface area (Å²) in [4.78, 5) is 11.8. The SMILES string of the molecule is O=C(CNCCc1ccccc1F)Nc1c(Cl)cccc1Cl. The molecule has 0 saturated heterocycles. The van der Waals surface area contributed by atoms with E-state index in [1.807, 2.05) is 0 Å². The Kier molecular flexibility index (Phi) is 6.19. The summed E-state index contributed by atoms with van der Waals surface area (Å²) in [6, 6.07) is 11.6. The molecule has 0 aliphatic carbocycles. The van der Waals surface area contributed by atoms with Gasteiger partial charge in [-0.1, -0.05) is 47.5 Å². The van der Waals surface area contributed by atoms with Gasteiger partial charge >= 0.3 is 0 Å². The first kappa shape index (κ1) is 16.7. The molecular weight excluding hydrogens is 326 g/mol. The van der Waals surface area contributed by atoms with Crippen molar-refractivity contribution in [3.05, 3.63) is 63.9 Å². The Morgan fingerprint density at radius 1 is 1.05 bits per heavy atom. The van der Waals surface area contributed by atoms with Crippen molar-refractivity contribution in [2.45, 2.75) is 6.42 Å². The van der Waals surface area contributed by atoms with E-state index < -0.39 is 0 Å². The third kappa shape index (κ3) is 4.70. The van der Waals surface area contributed by atoms with Gasteiger partial charge in [0.1, 0.15) is 5.82 Å². The molecule has 0 radical (unpaired) electrons. The summed E-state index contributed by atoms with van der Waals surface area (Å²) in [5.41, 5.74) is 1.01. The maximum absolute atomic E-state index is 13.4. The molecule has 0 bridgehead atoms. The van der Waals surface area contributed by atoms with Gasteiger partial charge in [-0.25, -0.2) is 4.39 Å². The number of carbonyl (C=O) groups excluding carboxylic acids is 1. The third-order valence-electron chi connectivity index (χ3n) is 3.04. The summed E-state index contributed by atoms with van der Waals surface area (Å²) in [5.74, 6) is -0.500. The second-order valence-electron chi connectivity index (χ2n) is 4.66. The lowest BCUT2D eigenvalue weighted by Crippen LogP contribution is -2.29. The maximum Gasteiger partial charge on any atom is 0.238 e. The van der Waals surface area contributed by atoms with Crippen molar-refractivity contribution in [1.82, 2.24) is 5.32 Å². The number of anilines is 1. The molecule has 2 N–H and O–H groups in total. The molecular formula is C16H15Cl2FN2O. The molecule has 2 aromatic carbocycles. The minimum Gasteiger partial charge on any atom is -0.322 e. The highest BCUT2D eigenvalue weighted by Gasteiger charge is 2.09. The van der Waals surface area contributed by atoms with E-state index in [0.29, 0.717) is 34.3 Å². The molecule has 0 spiro atoms. The van der Waals surface area contributed by atoms with Crippen LogP contribution in [0.1, 0.15) is 5.56 Å². The van der Waals surface area contributed by atoms with Crippen LogP contribution in [-0.4, -0.2) is 19.0 Å². The fourth-order valence-corrected chi connectivity index (χ4v) is 2.42. The van der Waals surface area contributed by atoms with E-state index in [0.717, 1.165) is 0 Å². The van der Waals surface area contributed by atoms with Crippen molar-refractivity contribution >= 4 is 34.8 Å². The summed E-state index contributed by atoms with van der Waals surface area (Å²) in [6.45, 7) is 0.584. The lowest BCUT2D eigenvalue weighted by atomic mass is 10.1. The number of halogens is 3. The highest BCUT2D eigenvalue weighted by Crippen LogP contribution is 2.29. The Bertz CT molecular complexity index is 644. The highest BCUT2D eigenvalue weighted by molar-refractivity contribution is 6.39. The zero-order valence-electron chi connectivity index (χ0n) is 11.7. The Morgan fingerprint density at radius 3 is 2.41 bits per heavy atom. The summed E-state index contributed by atoms with van der Waals surface area (Å²) in [7, 11) is 0. The van der Waals surface area contributed by atoms with Gasteiger partial charge < -0.3 is 10.6 Å². The number of hydrogen-bond acceptors (Lipinski definition) is 2. The number of rotatable bonds is 6. The molecule has 0 aromatic heterocycles. The molecule has 1 amide bonds. The first-order valence-corrected chi connectivity index (χ1v) is 7.51. The molecule has 0 fully saturated rings. The Hall–Kier alpha value is -1.62. The smallest absolute Gasteiger partial charge is 0.238 e. The van der Waals surface area contributed by atoms with E-state index in [-0.39, 0.29) is 18.3 Å². The largest absolute Gasteiger partial charge is 0.322 e. The Morgan fingerprint density at radius 2 is 1.73 bits per heavy atom. The number of amides is 1. The van der Waals surface area contributed by atoms with Crippen molar-refractivity contribution in [2.24, 2.45) is 0 Å². The van der Waals surface area contributed by atoms with Gasteiger partial charge in [0.15, 0.2) is 0 Å². The molecule has 0 aliphatic rings. The van der Waals surface area contributed by atoms with Crippen LogP contribution >= 0.6 is 23.2 Å². The van der Waals surface area contributed by atoms with Crippen LogP contribution < -0.4 is 10.6 Å². The normalized spacial score (nSPS) is 10.5. The van der Waals surface area contributed by atoms with Crippen molar-refractivity contribution < 1.29 is 9.18 Å². The fraction of sp³-hybridized carbons (Fsp3) is 0.188. The van der Waals surface area contributed by atoms with Crippen LogP contribution in [0.2, 0.25) is 10.0 Å². The first-order chi connectivity index (χ1) is 10.6. The fourth-order valence-electron chi connectivity index (χ4n) is 1.93. The number of benzene rings is 2. The topological polar surface area (TPSA) is 41.1 Å². The van der Waals surface area contributed by atoms with Crippen molar-refractivity contribution in [1.29, 1.82) is 0 Å². The standard InChI is InChI=1S/C16H15Cl2FN2O/c17-12-5-3-6-13(18)16(12)21-15(22)10-20-9-8-11-4-1-2-7-14(11)19/h1-7,20H,8-10H2,(H,21,22). The predicted octanol–water partition coefficient (Wildman–Crippen LogP) is 3.90. The molecule has 0 saturated carbocycles. The van der Waals surface area contributed by atoms with Crippen molar-refractivity contribution in [2.75, 3.05) is 18.4 Å². The molecule has 2 aromatic rings. The van der Waals surface area contributed by atoms with Gasteiger partial charge in [0, 0.05) is 0 Å². The van der Waals surface area contributed by atoms with Crippen LogP contribution in [0.4, 0.5) is 10.1 Å². The minimum absolute atomic E-state index is 0.0933. The van der Waals surface area contributed by atoms with Gasteiger partial charge in [0.25, 0.3) is 0 Å². The van der Waals surface area contributed by atoms with Crippen molar-refractivity contribution in [3.63, 3.8) is 0 Å². The molecule has 0 aliphatic heterocycles. The molecule has 22 heavy (non-hydrogen) atoms. The summed E-state index contributed by atoms with van der Waals surface area (Å²) >= 11 is 11.9. The van der Waals surface area contributed by atoms with E-state index in [1.54, 1.807) is 36.4 Å². The molecule has 0 unspecified atom stereocenters. The number of nitrogens with one attached hydrogen (secondary N) is 2. The van der Waals surface area contributed by atoms with Crippen molar-refractivity contribution in [3.8, 4) is 0 Å². The zero-order chi connectivity index (χ0) is 15.9. The lowest BCUT2D eigenvalue weighted by Gasteiger charge is -2.10. The minimum atomic E-state index is -0.261. The van der Waals surface area contributed by atoms with Crippen LogP contribution in [-0.2, 0) is 11.2 Å². The quantitative estimate of drug-likeness (QED) is 0.783. The Labute approximate surface area is 138 Å². The van der Waals surface area contributed by atoms with Gasteiger partial charge in [0.2, 0.25) is 5.91 Å². The third-order valence-corrected chi connectivity index (χ3v) is 3.67. The number of carbonyl (C=O) groups is 1. The van der Waals surface area contributed by atoms with E-state index in [2.05, 4.69) is 10.6 Å². The van der Waals surface area contributed by atoms with E-state index in [1.165, 1.54) is 6.07 Å². The van der Waals surface area contributed by atoms with Gasteiger partial charge in [-0.3, -0.25) is 4.79 Å². The summed E-state index contributed by atoms with van der Waals surface area (Å²) < 4.78 is 13.4.